The van der Waals surface area contributed by atoms with Crippen LogP contribution in [0.25, 0.3) is 0 Å². The highest BCUT2D eigenvalue weighted by molar-refractivity contribution is 7.80. The number of aryl methyl sites for hydroxylation is 1. The number of rotatable bonds is 3. The van der Waals surface area contributed by atoms with E-state index in [1.807, 2.05) is 6.07 Å². The molecule has 0 unspecified atom stereocenters. The van der Waals surface area contributed by atoms with Gasteiger partial charge in [0, 0.05) is 30.2 Å². The van der Waals surface area contributed by atoms with Crippen molar-refractivity contribution in [2.75, 3.05) is 28.6 Å². The second-order valence-electron chi connectivity index (χ2n) is 6.42. The maximum absolute atomic E-state index is 5.45. The Kier molecular flexibility index (Phi) is 5.36. The Morgan fingerprint density at radius 3 is 2.33 bits per heavy atom. The maximum Gasteiger partial charge on any atom is 0.175 e. The minimum absolute atomic E-state index is 0.620. The Labute approximate surface area is 150 Å². The molecule has 1 saturated heterocycles. The van der Waals surface area contributed by atoms with Crippen molar-refractivity contribution in [3.63, 3.8) is 0 Å². The van der Waals surface area contributed by atoms with Gasteiger partial charge in [0.15, 0.2) is 5.11 Å². The van der Waals surface area contributed by atoms with Crippen LogP contribution in [0.5, 0.6) is 0 Å². The van der Waals surface area contributed by atoms with Crippen LogP contribution < -0.4 is 15.5 Å². The van der Waals surface area contributed by atoms with E-state index in [1.54, 1.807) is 0 Å². The van der Waals surface area contributed by atoms with Crippen molar-refractivity contribution in [3.05, 3.63) is 53.6 Å². The molecule has 3 nitrogen and oxygen atoms in total. The van der Waals surface area contributed by atoms with Crippen molar-refractivity contribution in [2.45, 2.75) is 33.1 Å². The van der Waals surface area contributed by atoms with E-state index in [1.165, 1.54) is 49.2 Å². The van der Waals surface area contributed by atoms with Crippen LogP contribution in [-0.4, -0.2) is 18.2 Å². The van der Waals surface area contributed by atoms with E-state index in [0.29, 0.717) is 5.11 Å². The van der Waals surface area contributed by atoms with Gasteiger partial charge in [-0.25, -0.2) is 0 Å². The van der Waals surface area contributed by atoms with Gasteiger partial charge < -0.3 is 15.5 Å². The lowest BCUT2D eigenvalue weighted by Crippen LogP contribution is -2.29. The van der Waals surface area contributed by atoms with Crippen LogP contribution in [0.3, 0.4) is 0 Å². The van der Waals surface area contributed by atoms with Crippen molar-refractivity contribution in [3.8, 4) is 0 Å². The lowest BCUT2D eigenvalue weighted by molar-refractivity contribution is 0.578. The SMILES string of the molecule is Cc1cccc(NC(=S)Nc2ccc(N3CCCCC3)cc2)c1C. The Morgan fingerprint density at radius 2 is 1.62 bits per heavy atom. The van der Waals surface area contributed by atoms with Crippen LogP contribution in [-0.2, 0) is 0 Å². The topological polar surface area (TPSA) is 27.3 Å². The molecule has 1 fully saturated rings. The quantitative estimate of drug-likeness (QED) is 0.761. The Balaban J connectivity index is 1.61. The number of nitrogens with zero attached hydrogens (tertiary/aromatic N) is 1. The van der Waals surface area contributed by atoms with Crippen molar-refractivity contribution in [1.82, 2.24) is 0 Å². The van der Waals surface area contributed by atoms with Crippen LogP contribution >= 0.6 is 12.2 Å². The molecule has 0 spiro atoms. The number of piperidine rings is 1. The van der Waals surface area contributed by atoms with Crippen LogP contribution in [0.15, 0.2) is 42.5 Å². The molecule has 0 amide bonds. The zero-order valence-electron chi connectivity index (χ0n) is 14.4. The first-order valence-electron chi connectivity index (χ1n) is 8.63. The number of nitrogens with one attached hydrogen (secondary N) is 2. The fourth-order valence-corrected chi connectivity index (χ4v) is 3.31. The molecule has 3 rings (SSSR count). The fraction of sp³-hybridized carbons (Fsp3) is 0.350. The van der Waals surface area contributed by atoms with Crippen molar-refractivity contribution in [2.24, 2.45) is 0 Å². The molecule has 0 radical (unpaired) electrons. The van der Waals surface area contributed by atoms with Crippen LogP contribution in [0, 0.1) is 13.8 Å². The van der Waals surface area contributed by atoms with E-state index in [2.05, 4.69) is 65.8 Å². The second kappa shape index (κ2) is 7.67. The minimum atomic E-state index is 0.620. The first-order valence-corrected chi connectivity index (χ1v) is 9.03. The monoisotopic (exact) mass is 339 g/mol. The van der Waals surface area contributed by atoms with Gasteiger partial charge in [-0.3, -0.25) is 0 Å². The number of thiocarbonyl (C=S) groups is 1. The van der Waals surface area contributed by atoms with Gasteiger partial charge >= 0.3 is 0 Å². The Bertz CT molecular complexity index is 703. The molecule has 1 aliphatic heterocycles. The highest BCUT2D eigenvalue weighted by Gasteiger charge is 2.10. The molecule has 126 valence electrons. The molecule has 24 heavy (non-hydrogen) atoms. The lowest BCUT2D eigenvalue weighted by Gasteiger charge is -2.28. The summed E-state index contributed by atoms with van der Waals surface area (Å²) in [7, 11) is 0. The Hall–Kier alpha value is -2.07. The summed E-state index contributed by atoms with van der Waals surface area (Å²) in [5.41, 5.74) is 5.85. The molecule has 0 bridgehead atoms. The van der Waals surface area contributed by atoms with E-state index in [0.717, 1.165) is 11.4 Å². The normalized spacial score (nSPS) is 14.3. The van der Waals surface area contributed by atoms with Gasteiger partial charge in [0.2, 0.25) is 0 Å². The molecular weight excluding hydrogens is 314 g/mol. The average molecular weight is 340 g/mol. The summed E-state index contributed by atoms with van der Waals surface area (Å²) in [5.74, 6) is 0. The summed E-state index contributed by atoms with van der Waals surface area (Å²) in [6, 6.07) is 14.7. The molecule has 2 N–H and O–H groups in total. The molecule has 4 heteroatoms. The predicted octanol–water partition coefficient (Wildman–Crippen LogP) is 5.10. The third kappa shape index (κ3) is 4.06. The van der Waals surface area contributed by atoms with E-state index < -0.39 is 0 Å². The highest BCUT2D eigenvalue weighted by Crippen LogP contribution is 2.22. The summed E-state index contributed by atoms with van der Waals surface area (Å²) in [5, 5.41) is 7.18. The lowest BCUT2D eigenvalue weighted by atomic mass is 10.1. The van der Waals surface area contributed by atoms with E-state index in [4.69, 9.17) is 12.2 Å². The molecule has 0 atom stereocenters. The van der Waals surface area contributed by atoms with Gasteiger partial charge in [0.25, 0.3) is 0 Å². The fourth-order valence-electron chi connectivity index (χ4n) is 3.08. The molecule has 1 heterocycles. The van der Waals surface area contributed by atoms with Crippen LogP contribution in [0.2, 0.25) is 0 Å². The van der Waals surface area contributed by atoms with Gasteiger partial charge in [-0.15, -0.1) is 0 Å². The summed E-state index contributed by atoms with van der Waals surface area (Å²) < 4.78 is 0. The number of hydrogen-bond donors (Lipinski definition) is 2. The first kappa shape index (κ1) is 16.8. The number of hydrogen-bond acceptors (Lipinski definition) is 2. The van der Waals surface area contributed by atoms with Gasteiger partial charge in [0.05, 0.1) is 0 Å². The van der Waals surface area contributed by atoms with E-state index >= 15 is 0 Å². The van der Waals surface area contributed by atoms with Gasteiger partial charge in [-0.05, 0) is 86.8 Å². The third-order valence-electron chi connectivity index (χ3n) is 4.70. The summed E-state index contributed by atoms with van der Waals surface area (Å²) in [6.45, 7) is 6.54. The van der Waals surface area contributed by atoms with Gasteiger partial charge in [-0.1, -0.05) is 12.1 Å². The Morgan fingerprint density at radius 1 is 0.917 bits per heavy atom. The van der Waals surface area contributed by atoms with Gasteiger partial charge in [0.1, 0.15) is 0 Å². The predicted molar refractivity (Wildman–Crippen MR) is 108 cm³/mol. The first-order chi connectivity index (χ1) is 11.6. The smallest absolute Gasteiger partial charge is 0.175 e. The van der Waals surface area contributed by atoms with Crippen molar-refractivity contribution >= 4 is 34.4 Å². The zero-order chi connectivity index (χ0) is 16.9. The van der Waals surface area contributed by atoms with E-state index in [-0.39, 0.29) is 0 Å². The average Bonchev–Trinajstić information content (AvgIpc) is 2.60. The molecule has 2 aromatic rings. The summed E-state index contributed by atoms with van der Waals surface area (Å²) in [4.78, 5) is 2.46. The third-order valence-corrected chi connectivity index (χ3v) is 4.90. The van der Waals surface area contributed by atoms with Crippen LogP contribution in [0.1, 0.15) is 30.4 Å². The second-order valence-corrected chi connectivity index (χ2v) is 6.83. The van der Waals surface area contributed by atoms with Crippen LogP contribution in [0.4, 0.5) is 17.1 Å². The summed E-state index contributed by atoms with van der Waals surface area (Å²) in [6.07, 6.45) is 3.95. The molecule has 2 aromatic carbocycles. The molecule has 0 aliphatic carbocycles. The van der Waals surface area contributed by atoms with Crippen molar-refractivity contribution in [1.29, 1.82) is 0 Å². The van der Waals surface area contributed by atoms with Crippen molar-refractivity contribution < 1.29 is 0 Å². The maximum atomic E-state index is 5.45. The molecule has 0 saturated carbocycles. The number of benzene rings is 2. The minimum Gasteiger partial charge on any atom is -0.372 e. The standard InChI is InChI=1S/C20H25N3S/c1-15-7-6-8-19(16(15)2)22-20(24)21-17-9-11-18(12-10-17)23-13-4-3-5-14-23/h6-12H,3-5,13-14H2,1-2H3,(H2,21,22,24). The van der Waals surface area contributed by atoms with E-state index in [9.17, 15) is 0 Å². The van der Waals surface area contributed by atoms with Gasteiger partial charge in [-0.2, -0.15) is 0 Å². The molecular formula is C20H25N3S. The molecule has 1 aliphatic rings. The largest absolute Gasteiger partial charge is 0.372 e. The molecule has 0 aromatic heterocycles. The number of anilines is 3. The zero-order valence-corrected chi connectivity index (χ0v) is 15.2. The summed E-state index contributed by atoms with van der Waals surface area (Å²) >= 11 is 5.45. The highest BCUT2D eigenvalue weighted by atomic mass is 32.1.